The van der Waals surface area contributed by atoms with Gasteiger partial charge in [0.05, 0.1) is 0 Å². The van der Waals surface area contributed by atoms with Crippen molar-refractivity contribution in [3.8, 4) is 0 Å². The van der Waals surface area contributed by atoms with Crippen molar-refractivity contribution in [2.75, 3.05) is 0 Å². The lowest BCUT2D eigenvalue weighted by molar-refractivity contribution is 0.125. The van der Waals surface area contributed by atoms with Crippen molar-refractivity contribution in [1.29, 1.82) is 0 Å². The van der Waals surface area contributed by atoms with E-state index in [0.29, 0.717) is 0 Å². The summed E-state index contributed by atoms with van der Waals surface area (Å²) in [6.07, 6.45) is 7.28. The number of aliphatic hydroxyl groups is 1. The van der Waals surface area contributed by atoms with E-state index in [2.05, 4.69) is 17.9 Å². The Hall–Kier alpha value is -0.250. The summed E-state index contributed by atoms with van der Waals surface area (Å²) < 4.78 is 0. The second kappa shape index (κ2) is 4.70. The Morgan fingerprint density at radius 3 is 3.08 bits per heavy atom. The van der Waals surface area contributed by atoms with Gasteiger partial charge in [0, 0.05) is 6.04 Å². The van der Waals surface area contributed by atoms with Crippen LogP contribution in [-0.2, 0) is 0 Å². The van der Waals surface area contributed by atoms with Gasteiger partial charge >= 0.3 is 0 Å². The second-order valence-electron chi connectivity index (χ2n) is 2.92. The molecule has 1 aliphatic rings. The third-order valence-corrected chi connectivity index (χ3v) is 2.21. The molecule has 0 radical (unpaired) electrons. The molecule has 3 heteroatoms. The van der Waals surface area contributed by atoms with Crippen LogP contribution < -0.4 is 5.32 Å². The Bertz CT molecular complexity index is 201. The Kier molecular flexibility index (Phi) is 3.85. The van der Waals surface area contributed by atoms with Gasteiger partial charge in [0.15, 0.2) is 0 Å². The fourth-order valence-electron chi connectivity index (χ4n) is 1.10. The first kappa shape index (κ1) is 9.84. The minimum Gasteiger partial charge on any atom is -0.379 e. The normalized spacial score (nSPS) is 25.2. The van der Waals surface area contributed by atoms with E-state index < -0.39 is 6.23 Å². The largest absolute Gasteiger partial charge is 0.379 e. The van der Waals surface area contributed by atoms with Crippen LogP contribution >= 0.6 is 12.6 Å². The fourth-order valence-corrected chi connectivity index (χ4v) is 1.29. The number of hydrogen-bond acceptors (Lipinski definition) is 3. The molecular weight excluding hydrogens is 170 g/mol. The van der Waals surface area contributed by atoms with Crippen molar-refractivity contribution in [3.63, 3.8) is 0 Å². The number of aliphatic hydroxyl groups excluding tert-OH is 1. The van der Waals surface area contributed by atoms with Gasteiger partial charge in [-0.15, -0.1) is 12.6 Å². The van der Waals surface area contributed by atoms with Gasteiger partial charge in [0.2, 0.25) is 0 Å². The average molecular weight is 185 g/mol. The molecule has 2 atom stereocenters. The molecule has 2 nitrogen and oxygen atoms in total. The number of rotatable bonds is 3. The Labute approximate surface area is 78.8 Å². The van der Waals surface area contributed by atoms with E-state index in [4.69, 9.17) is 0 Å². The third kappa shape index (κ3) is 3.01. The van der Waals surface area contributed by atoms with Gasteiger partial charge in [0.1, 0.15) is 6.23 Å². The van der Waals surface area contributed by atoms with Gasteiger partial charge in [-0.3, -0.25) is 5.32 Å². The number of thiol groups is 1. The monoisotopic (exact) mass is 185 g/mol. The summed E-state index contributed by atoms with van der Waals surface area (Å²) >= 11 is 4.20. The van der Waals surface area contributed by atoms with Crippen molar-refractivity contribution < 1.29 is 5.11 Å². The maximum Gasteiger partial charge on any atom is 0.105 e. The summed E-state index contributed by atoms with van der Waals surface area (Å²) in [6.45, 7) is 1.95. The maximum absolute atomic E-state index is 9.29. The van der Waals surface area contributed by atoms with Gasteiger partial charge in [-0.1, -0.05) is 25.2 Å². The van der Waals surface area contributed by atoms with Gasteiger partial charge in [-0.2, -0.15) is 0 Å². The molecule has 0 aromatic carbocycles. The van der Waals surface area contributed by atoms with Crippen LogP contribution in [0.2, 0.25) is 0 Å². The van der Waals surface area contributed by atoms with Crippen LogP contribution in [0.4, 0.5) is 0 Å². The molecule has 1 aliphatic carbocycles. The number of allylic oxidation sites excluding steroid dienone is 1. The quantitative estimate of drug-likeness (QED) is 0.459. The Morgan fingerprint density at radius 2 is 2.58 bits per heavy atom. The molecule has 0 fully saturated rings. The SMILES string of the molecule is CCC(O)NC1C=CC(S)=CC1. The zero-order valence-electron chi connectivity index (χ0n) is 7.20. The first-order valence-corrected chi connectivity index (χ1v) is 4.68. The summed E-state index contributed by atoms with van der Waals surface area (Å²) in [6, 6.07) is 0.260. The standard InChI is InChI=1S/C9H15NOS/c1-2-9(11)10-7-3-5-8(12)6-4-7/h3,5-7,9-12H,2,4H2,1H3. The molecule has 0 saturated carbocycles. The van der Waals surface area contributed by atoms with Crippen LogP contribution in [0.3, 0.4) is 0 Å². The number of hydrogen-bond donors (Lipinski definition) is 3. The van der Waals surface area contributed by atoms with Gasteiger partial charge in [0.25, 0.3) is 0 Å². The minimum absolute atomic E-state index is 0.260. The Morgan fingerprint density at radius 1 is 1.83 bits per heavy atom. The van der Waals surface area contributed by atoms with Crippen LogP contribution in [0.1, 0.15) is 19.8 Å². The van der Waals surface area contributed by atoms with Crippen LogP contribution in [-0.4, -0.2) is 17.4 Å². The first-order chi connectivity index (χ1) is 5.72. The predicted molar refractivity (Wildman–Crippen MR) is 54.0 cm³/mol. The molecule has 0 bridgehead atoms. The predicted octanol–water partition coefficient (Wildman–Crippen LogP) is 1.45. The molecule has 0 spiro atoms. The fraction of sp³-hybridized carbons (Fsp3) is 0.556. The summed E-state index contributed by atoms with van der Waals surface area (Å²) in [4.78, 5) is 0.999. The van der Waals surface area contributed by atoms with E-state index in [1.54, 1.807) is 0 Å². The molecule has 1 rings (SSSR count). The van der Waals surface area contributed by atoms with Gasteiger partial charge in [-0.25, -0.2) is 0 Å². The molecule has 2 N–H and O–H groups in total. The molecule has 0 amide bonds. The van der Waals surface area contributed by atoms with E-state index >= 15 is 0 Å². The van der Waals surface area contributed by atoms with Crippen LogP contribution in [0.25, 0.3) is 0 Å². The van der Waals surface area contributed by atoms with Crippen LogP contribution in [0.5, 0.6) is 0 Å². The lowest BCUT2D eigenvalue weighted by Crippen LogP contribution is -2.36. The second-order valence-corrected chi connectivity index (χ2v) is 3.44. The lowest BCUT2D eigenvalue weighted by Gasteiger charge is -2.19. The highest BCUT2D eigenvalue weighted by Crippen LogP contribution is 2.13. The first-order valence-electron chi connectivity index (χ1n) is 4.24. The van der Waals surface area contributed by atoms with Crippen molar-refractivity contribution in [3.05, 3.63) is 23.1 Å². The molecule has 68 valence electrons. The zero-order valence-corrected chi connectivity index (χ0v) is 8.09. The molecule has 0 aromatic heterocycles. The van der Waals surface area contributed by atoms with E-state index in [0.717, 1.165) is 17.7 Å². The highest BCUT2D eigenvalue weighted by Gasteiger charge is 2.09. The third-order valence-electron chi connectivity index (χ3n) is 1.87. The van der Waals surface area contributed by atoms with Gasteiger partial charge in [-0.05, 0) is 17.7 Å². The molecule has 0 aliphatic heterocycles. The minimum atomic E-state index is -0.394. The van der Waals surface area contributed by atoms with Gasteiger partial charge < -0.3 is 5.11 Å². The molecule has 0 aromatic rings. The van der Waals surface area contributed by atoms with Crippen molar-refractivity contribution in [2.45, 2.75) is 32.0 Å². The Balaban J connectivity index is 2.33. The van der Waals surface area contributed by atoms with E-state index in [9.17, 15) is 5.11 Å². The van der Waals surface area contributed by atoms with Crippen LogP contribution in [0, 0.1) is 0 Å². The van der Waals surface area contributed by atoms with Crippen molar-refractivity contribution >= 4 is 12.6 Å². The van der Waals surface area contributed by atoms with E-state index in [1.165, 1.54) is 0 Å². The van der Waals surface area contributed by atoms with Crippen LogP contribution in [0.15, 0.2) is 23.1 Å². The summed E-state index contributed by atoms with van der Waals surface area (Å²) in [7, 11) is 0. The van der Waals surface area contributed by atoms with Crippen molar-refractivity contribution in [2.24, 2.45) is 0 Å². The maximum atomic E-state index is 9.29. The molecule has 0 saturated heterocycles. The smallest absolute Gasteiger partial charge is 0.105 e. The lowest BCUT2D eigenvalue weighted by atomic mass is 10.1. The number of nitrogens with one attached hydrogen (secondary N) is 1. The van der Waals surface area contributed by atoms with E-state index in [1.807, 2.05) is 25.2 Å². The zero-order chi connectivity index (χ0) is 8.97. The summed E-state index contributed by atoms with van der Waals surface area (Å²) in [5.41, 5.74) is 0. The average Bonchev–Trinajstić information content (AvgIpc) is 2.09. The molecule has 12 heavy (non-hydrogen) atoms. The summed E-state index contributed by atoms with van der Waals surface area (Å²) in [5.74, 6) is 0. The molecule has 2 unspecified atom stereocenters. The van der Waals surface area contributed by atoms with Crippen molar-refractivity contribution in [1.82, 2.24) is 5.32 Å². The molecule has 0 heterocycles. The highest BCUT2D eigenvalue weighted by atomic mass is 32.1. The van der Waals surface area contributed by atoms with E-state index in [-0.39, 0.29) is 6.04 Å². The molecular formula is C9H15NOS. The highest BCUT2D eigenvalue weighted by molar-refractivity contribution is 7.84. The topological polar surface area (TPSA) is 32.3 Å². The summed E-state index contributed by atoms with van der Waals surface area (Å²) in [5, 5.41) is 12.4.